The van der Waals surface area contributed by atoms with Crippen LogP contribution in [0.25, 0.3) is 0 Å². The average molecular weight is 283 g/mol. The van der Waals surface area contributed by atoms with Crippen molar-refractivity contribution in [2.45, 2.75) is 24.8 Å². The third-order valence-corrected chi connectivity index (χ3v) is 3.70. The third-order valence-electron chi connectivity index (χ3n) is 2.09. The van der Waals surface area contributed by atoms with Crippen molar-refractivity contribution in [2.24, 2.45) is 0 Å². The molecule has 18 heavy (non-hydrogen) atoms. The molecule has 0 spiro atoms. The number of thioether (sulfide) groups is 1. The highest BCUT2D eigenvalue weighted by atomic mass is 32.2. The van der Waals surface area contributed by atoms with Crippen molar-refractivity contribution in [1.29, 1.82) is 0 Å². The second-order valence-electron chi connectivity index (χ2n) is 3.56. The van der Waals surface area contributed by atoms with Crippen molar-refractivity contribution in [1.82, 2.24) is 19.6 Å². The number of hydrogen-bond donors (Lipinski definition) is 2. The van der Waals surface area contributed by atoms with Crippen LogP contribution in [-0.4, -0.2) is 26.1 Å². The van der Waals surface area contributed by atoms with Crippen molar-refractivity contribution in [2.75, 3.05) is 11.9 Å². The molecule has 0 radical (unpaired) electrons. The lowest BCUT2D eigenvalue weighted by Crippen LogP contribution is -2.08. The summed E-state index contributed by atoms with van der Waals surface area (Å²) in [5, 5.41) is 8.84. The van der Waals surface area contributed by atoms with Gasteiger partial charge in [0, 0.05) is 35.6 Å². The van der Waals surface area contributed by atoms with Crippen LogP contribution < -0.4 is 10.9 Å². The van der Waals surface area contributed by atoms with Gasteiger partial charge in [-0.05, 0) is 13.8 Å². The summed E-state index contributed by atoms with van der Waals surface area (Å²) in [5.41, 5.74) is 1.47. The first-order valence-electron chi connectivity index (χ1n) is 5.45. The Morgan fingerprint density at radius 3 is 3.11 bits per heavy atom. The number of aromatic nitrogens is 4. The summed E-state index contributed by atoms with van der Waals surface area (Å²) in [6.07, 6.45) is 0. The van der Waals surface area contributed by atoms with E-state index in [4.69, 9.17) is 0 Å². The van der Waals surface area contributed by atoms with Crippen molar-refractivity contribution in [3.63, 3.8) is 0 Å². The van der Waals surface area contributed by atoms with Gasteiger partial charge in [-0.2, -0.15) is 0 Å². The first-order chi connectivity index (χ1) is 8.69. The number of nitrogens with one attached hydrogen (secondary N) is 2. The number of rotatable bonds is 5. The van der Waals surface area contributed by atoms with E-state index >= 15 is 0 Å². The van der Waals surface area contributed by atoms with Gasteiger partial charge in [-0.15, -0.1) is 5.10 Å². The summed E-state index contributed by atoms with van der Waals surface area (Å²) < 4.78 is 3.91. The molecule has 0 saturated carbocycles. The molecule has 2 rings (SSSR count). The van der Waals surface area contributed by atoms with Gasteiger partial charge in [0.05, 0.1) is 0 Å². The SMILES string of the molecule is CCNc1snnc1CSc1nc(C)cc(=O)[nH]1. The van der Waals surface area contributed by atoms with Crippen LogP contribution in [0.15, 0.2) is 16.0 Å². The van der Waals surface area contributed by atoms with E-state index in [1.54, 1.807) is 6.92 Å². The molecule has 8 heteroatoms. The highest BCUT2D eigenvalue weighted by Crippen LogP contribution is 2.24. The number of aryl methyl sites for hydroxylation is 1. The maximum absolute atomic E-state index is 11.3. The number of nitrogens with zero attached hydrogens (tertiary/aromatic N) is 3. The Labute approximate surface area is 112 Å². The number of H-pyrrole nitrogens is 1. The van der Waals surface area contributed by atoms with Gasteiger partial charge in [0.15, 0.2) is 5.16 Å². The molecule has 0 amide bonds. The first-order valence-corrected chi connectivity index (χ1v) is 7.21. The second-order valence-corrected chi connectivity index (χ2v) is 5.28. The molecule has 2 aromatic heterocycles. The Balaban J connectivity index is 2.06. The van der Waals surface area contributed by atoms with Gasteiger partial charge in [-0.3, -0.25) is 4.79 Å². The van der Waals surface area contributed by atoms with Gasteiger partial charge in [-0.25, -0.2) is 4.98 Å². The molecule has 2 aromatic rings. The van der Waals surface area contributed by atoms with Gasteiger partial charge in [0.25, 0.3) is 5.56 Å². The van der Waals surface area contributed by atoms with Crippen molar-refractivity contribution >= 4 is 28.3 Å². The molecule has 96 valence electrons. The van der Waals surface area contributed by atoms with Crippen LogP contribution in [-0.2, 0) is 5.75 Å². The molecule has 0 aliphatic rings. The summed E-state index contributed by atoms with van der Waals surface area (Å²) in [4.78, 5) is 18.2. The van der Waals surface area contributed by atoms with E-state index in [0.717, 1.165) is 17.2 Å². The van der Waals surface area contributed by atoms with E-state index in [2.05, 4.69) is 24.9 Å². The lowest BCUT2D eigenvalue weighted by molar-refractivity contribution is 0.903. The third kappa shape index (κ3) is 3.30. The fraction of sp³-hybridized carbons (Fsp3) is 0.400. The Kier molecular flexibility index (Phi) is 4.32. The van der Waals surface area contributed by atoms with E-state index in [9.17, 15) is 4.79 Å². The molecule has 0 unspecified atom stereocenters. The summed E-state index contributed by atoms with van der Waals surface area (Å²) >= 11 is 2.78. The van der Waals surface area contributed by atoms with Gasteiger partial charge >= 0.3 is 0 Å². The molecule has 2 N–H and O–H groups in total. The van der Waals surface area contributed by atoms with Crippen LogP contribution >= 0.6 is 23.3 Å². The normalized spacial score (nSPS) is 10.6. The van der Waals surface area contributed by atoms with Crippen LogP contribution in [0.5, 0.6) is 0 Å². The van der Waals surface area contributed by atoms with E-state index in [-0.39, 0.29) is 5.56 Å². The molecule has 0 bridgehead atoms. The minimum atomic E-state index is -0.131. The van der Waals surface area contributed by atoms with Crippen LogP contribution in [0.4, 0.5) is 5.00 Å². The maximum atomic E-state index is 11.3. The Hall–Kier alpha value is -1.41. The fourth-order valence-corrected chi connectivity index (χ4v) is 2.95. The summed E-state index contributed by atoms with van der Waals surface area (Å²) in [6.45, 7) is 4.66. The standard InChI is InChI=1S/C10H13N5OS2/c1-3-11-9-7(14-15-18-9)5-17-10-12-6(2)4-8(16)13-10/h4,11H,3,5H2,1-2H3,(H,12,13,16). The minimum absolute atomic E-state index is 0.131. The molecule has 0 saturated heterocycles. The fourth-order valence-electron chi connectivity index (χ4n) is 1.35. The monoisotopic (exact) mass is 283 g/mol. The summed E-state index contributed by atoms with van der Waals surface area (Å²) in [6, 6.07) is 1.47. The van der Waals surface area contributed by atoms with Crippen LogP contribution in [0.2, 0.25) is 0 Å². The lowest BCUT2D eigenvalue weighted by Gasteiger charge is -2.02. The largest absolute Gasteiger partial charge is 0.374 e. The Morgan fingerprint density at radius 2 is 2.39 bits per heavy atom. The Bertz CT molecular complexity index is 580. The highest BCUT2D eigenvalue weighted by molar-refractivity contribution is 7.98. The number of hydrogen-bond acceptors (Lipinski definition) is 7. The van der Waals surface area contributed by atoms with Gasteiger partial charge in [0.2, 0.25) is 0 Å². The van der Waals surface area contributed by atoms with Crippen LogP contribution in [0, 0.1) is 6.92 Å². The first kappa shape index (κ1) is 13.0. The smallest absolute Gasteiger partial charge is 0.251 e. The number of aromatic amines is 1. The van der Waals surface area contributed by atoms with Gasteiger partial charge in [-0.1, -0.05) is 16.3 Å². The number of anilines is 1. The van der Waals surface area contributed by atoms with Crippen LogP contribution in [0.3, 0.4) is 0 Å². The Morgan fingerprint density at radius 1 is 1.56 bits per heavy atom. The minimum Gasteiger partial charge on any atom is -0.374 e. The quantitative estimate of drug-likeness (QED) is 0.641. The van der Waals surface area contributed by atoms with Gasteiger partial charge < -0.3 is 10.3 Å². The zero-order chi connectivity index (χ0) is 13.0. The molecule has 0 aliphatic carbocycles. The highest BCUT2D eigenvalue weighted by Gasteiger charge is 2.08. The van der Waals surface area contributed by atoms with E-state index in [1.165, 1.54) is 29.4 Å². The molecule has 0 aliphatic heterocycles. The molecule has 6 nitrogen and oxygen atoms in total. The van der Waals surface area contributed by atoms with Gasteiger partial charge in [0.1, 0.15) is 10.7 Å². The molecule has 0 fully saturated rings. The van der Waals surface area contributed by atoms with E-state index in [0.29, 0.717) is 16.6 Å². The predicted octanol–water partition coefficient (Wildman–Crippen LogP) is 1.65. The zero-order valence-electron chi connectivity index (χ0n) is 10.1. The van der Waals surface area contributed by atoms with E-state index < -0.39 is 0 Å². The van der Waals surface area contributed by atoms with Crippen molar-refractivity contribution < 1.29 is 0 Å². The topological polar surface area (TPSA) is 83.6 Å². The predicted molar refractivity (Wildman–Crippen MR) is 73.2 cm³/mol. The molecule has 0 atom stereocenters. The van der Waals surface area contributed by atoms with Crippen molar-refractivity contribution in [3.8, 4) is 0 Å². The van der Waals surface area contributed by atoms with E-state index in [1.807, 2.05) is 6.92 Å². The lowest BCUT2D eigenvalue weighted by atomic mass is 10.5. The summed E-state index contributed by atoms with van der Waals surface area (Å²) in [5.74, 6) is 0.630. The zero-order valence-corrected chi connectivity index (χ0v) is 11.7. The second kappa shape index (κ2) is 5.96. The maximum Gasteiger partial charge on any atom is 0.251 e. The molecule has 2 heterocycles. The van der Waals surface area contributed by atoms with Crippen molar-refractivity contribution in [3.05, 3.63) is 27.8 Å². The molecular formula is C10H13N5OS2. The van der Waals surface area contributed by atoms with Crippen LogP contribution in [0.1, 0.15) is 18.3 Å². The average Bonchev–Trinajstić information content (AvgIpc) is 2.73. The summed E-state index contributed by atoms with van der Waals surface area (Å²) in [7, 11) is 0. The molecule has 0 aromatic carbocycles. The molecular weight excluding hydrogens is 270 g/mol.